The van der Waals surface area contributed by atoms with E-state index in [1.165, 1.54) is 24.3 Å². The third kappa shape index (κ3) is 3.60. The fourth-order valence-corrected chi connectivity index (χ4v) is 5.24. The minimum absolute atomic E-state index is 0.115. The van der Waals surface area contributed by atoms with Crippen LogP contribution in [0, 0.1) is 10.1 Å². The molecule has 0 saturated carbocycles. The average Bonchev–Trinajstić information content (AvgIpc) is 3.34. The van der Waals surface area contributed by atoms with Crippen LogP contribution in [0.4, 0.5) is 5.69 Å². The highest BCUT2D eigenvalue weighted by Gasteiger charge is 2.40. The standard InChI is InChI=1S/C31H20N2O5/c34-29-21-13-4-5-14-22(21)30(35)31(36)27(29)25(19-11-8-12-20(17-19)33(37)38)26-23-15-6-7-16-24(23)32-28(26)18-9-2-1-3-10-18/h1-17,25,32,34H. The topological polar surface area (TPSA) is 113 Å². The second-order valence-electron chi connectivity index (χ2n) is 9.08. The predicted octanol–water partition coefficient (Wildman–Crippen LogP) is 6.61. The first kappa shape index (κ1) is 23.1. The fourth-order valence-electron chi connectivity index (χ4n) is 5.24. The maximum Gasteiger partial charge on any atom is 0.269 e. The Hall–Kier alpha value is -5.30. The van der Waals surface area contributed by atoms with Crippen LogP contribution in [0.2, 0.25) is 0 Å². The molecule has 0 amide bonds. The van der Waals surface area contributed by atoms with Crippen molar-refractivity contribution in [3.05, 3.63) is 141 Å². The second-order valence-corrected chi connectivity index (χ2v) is 9.08. The van der Waals surface area contributed by atoms with Gasteiger partial charge in [0.05, 0.1) is 16.2 Å². The van der Waals surface area contributed by atoms with Crippen LogP contribution in [-0.4, -0.2) is 26.6 Å². The molecule has 1 atom stereocenters. The lowest BCUT2D eigenvalue weighted by atomic mass is 9.75. The lowest BCUT2D eigenvalue weighted by Crippen LogP contribution is -2.28. The number of ketones is 2. The van der Waals surface area contributed by atoms with Gasteiger partial charge in [0.2, 0.25) is 11.6 Å². The number of benzene rings is 4. The van der Waals surface area contributed by atoms with Crippen molar-refractivity contribution in [3.8, 4) is 11.3 Å². The summed E-state index contributed by atoms with van der Waals surface area (Å²) in [6.07, 6.45) is 0. The number of nitrogens with one attached hydrogen (secondary N) is 1. The average molecular weight is 501 g/mol. The number of para-hydroxylation sites is 1. The van der Waals surface area contributed by atoms with E-state index in [2.05, 4.69) is 4.98 Å². The summed E-state index contributed by atoms with van der Waals surface area (Å²) in [6, 6.07) is 29.4. The van der Waals surface area contributed by atoms with Crippen molar-refractivity contribution in [1.82, 2.24) is 4.98 Å². The van der Waals surface area contributed by atoms with E-state index in [9.17, 15) is 24.8 Å². The minimum atomic E-state index is -0.980. The molecule has 1 aromatic heterocycles. The van der Waals surface area contributed by atoms with E-state index in [1.807, 2.05) is 54.6 Å². The lowest BCUT2D eigenvalue weighted by Gasteiger charge is -2.26. The molecule has 1 heterocycles. The van der Waals surface area contributed by atoms with E-state index in [0.29, 0.717) is 16.8 Å². The largest absolute Gasteiger partial charge is 0.507 e. The van der Waals surface area contributed by atoms with Gasteiger partial charge in [-0.2, -0.15) is 0 Å². The van der Waals surface area contributed by atoms with Gasteiger partial charge in [-0.05, 0) is 22.8 Å². The number of hydrogen-bond donors (Lipinski definition) is 2. The fraction of sp³-hybridized carbons (Fsp3) is 0.0323. The van der Waals surface area contributed by atoms with E-state index in [0.717, 1.165) is 16.5 Å². The molecule has 0 aliphatic heterocycles. The van der Waals surface area contributed by atoms with Crippen molar-refractivity contribution >= 4 is 33.9 Å². The Morgan fingerprint density at radius 2 is 1.45 bits per heavy atom. The van der Waals surface area contributed by atoms with Gasteiger partial charge in [0.1, 0.15) is 5.76 Å². The van der Waals surface area contributed by atoms with Crippen LogP contribution in [0.3, 0.4) is 0 Å². The van der Waals surface area contributed by atoms with Crippen LogP contribution in [-0.2, 0) is 4.79 Å². The molecule has 7 nitrogen and oxygen atoms in total. The molecule has 5 aromatic rings. The zero-order valence-corrected chi connectivity index (χ0v) is 19.9. The third-order valence-electron chi connectivity index (χ3n) is 6.93. The Morgan fingerprint density at radius 3 is 2.21 bits per heavy atom. The number of rotatable bonds is 5. The van der Waals surface area contributed by atoms with E-state index in [1.54, 1.807) is 24.3 Å². The van der Waals surface area contributed by atoms with Crippen molar-refractivity contribution in [1.29, 1.82) is 0 Å². The molecule has 7 heteroatoms. The number of aromatic nitrogens is 1. The molecule has 1 aliphatic carbocycles. The molecule has 0 radical (unpaired) electrons. The number of nitrogens with zero attached hydrogens (tertiary/aromatic N) is 1. The number of aromatic amines is 1. The monoisotopic (exact) mass is 500 g/mol. The summed E-state index contributed by atoms with van der Waals surface area (Å²) in [5.41, 5.74) is 3.43. The smallest absolute Gasteiger partial charge is 0.269 e. The molecule has 1 aliphatic rings. The first-order valence-corrected chi connectivity index (χ1v) is 12.0. The number of H-pyrrole nitrogens is 1. The number of carbonyl (C=O) groups excluding carboxylic acids is 2. The number of nitro benzene ring substituents is 1. The van der Waals surface area contributed by atoms with Crippen molar-refractivity contribution in [2.45, 2.75) is 5.92 Å². The second kappa shape index (κ2) is 8.97. The van der Waals surface area contributed by atoms with E-state index in [-0.39, 0.29) is 28.1 Å². The van der Waals surface area contributed by atoms with Gasteiger partial charge in [0, 0.05) is 40.1 Å². The van der Waals surface area contributed by atoms with Crippen molar-refractivity contribution in [2.24, 2.45) is 0 Å². The van der Waals surface area contributed by atoms with Gasteiger partial charge in [-0.3, -0.25) is 19.7 Å². The number of aliphatic hydroxyl groups excluding tert-OH is 1. The maximum atomic E-state index is 13.7. The van der Waals surface area contributed by atoms with Gasteiger partial charge in [-0.15, -0.1) is 0 Å². The van der Waals surface area contributed by atoms with E-state index >= 15 is 0 Å². The third-order valence-corrected chi connectivity index (χ3v) is 6.93. The van der Waals surface area contributed by atoms with E-state index < -0.39 is 22.4 Å². The van der Waals surface area contributed by atoms with Crippen molar-refractivity contribution in [2.75, 3.05) is 0 Å². The number of hydrogen-bond acceptors (Lipinski definition) is 5. The highest BCUT2D eigenvalue weighted by atomic mass is 16.6. The molecule has 0 fully saturated rings. The molecule has 184 valence electrons. The zero-order chi connectivity index (χ0) is 26.4. The van der Waals surface area contributed by atoms with Gasteiger partial charge < -0.3 is 10.1 Å². The molecule has 0 spiro atoms. The van der Waals surface area contributed by atoms with Gasteiger partial charge in [0.15, 0.2) is 0 Å². The van der Waals surface area contributed by atoms with Gasteiger partial charge >= 0.3 is 0 Å². The molecule has 6 rings (SSSR count). The molecule has 2 N–H and O–H groups in total. The van der Waals surface area contributed by atoms with Crippen LogP contribution < -0.4 is 0 Å². The summed E-state index contributed by atoms with van der Waals surface area (Å²) >= 11 is 0. The van der Waals surface area contributed by atoms with Gasteiger partial charge in [0.25, 0.3) is 5.69 Å². The van der Waals surface area contributed by atoms with Crippen molar-refractivity contribution < 1.29 is 19.6 Å². The number of fused-ring (bicyclic) bond motifs is 2. The first-order valence-electron chi connectivity index (χ1n) is 12.0. The molecule has 38 heavy (non-hydrogen) atoms. The Labute approximate surface area is 216 Å². The Kier molecular flexibility index (Phi) is 5.46. The number of nitro groups is 1. The van der Waals surface area contributed by atoms with Gasteiger partial charge in [-0.25, -0.2) is 0 Å². The number of non-ortho nitro benzene ring substituents is 1. The number of aliphatic hydroxyl groups is 1. The quantitative estimate of drug-likeness (QED) is 0.160. The molecular formula is C31H20N2O5. The summed E-state index contributed by atoms with van der Waals surface area (Å²) in [4.78, 5) is 41.6. The normalized spacial score (nSPS) is 14.0. The highest BCUT2D eigenvalue weighted by Crippen LogP contribution is 2.46. The van der Waals surface area contributed by atoms with Crippen molar-refractivity contribution in [3.63, 3.8) is 0 Å². The summed E-state index contributed by atoms with van der Waals surface area (Å²) in [5.74, 6) is -2.87. The van der Waals surface area contributed by atoms with Gasteiger partial charge in [-0.1, -0.05) is 84.9 Å². The van der Waals surface area contributed by atoms with Crippen LogP contribution in [0.25, 0.3) is 27.9 Å². The Balaban J connectivity index is 1.74. The Bertz CT molecular complexity index is 1800. The SMILES string of the molecule is O=C1C(=O)c2ccccc2C(O)=C1C(c1cccc([N+](=O)[O-])c1)c1c(-c2ccccc2)[nH]c2ccccc12. The lowest BCUT2D eigenvalue weighted by molar-refractivity contribution is -0.384. The molecular weight excluding hydrogens is 480 g/mol. The highest BCUT2D eigenvalue weighted by molar-refractivity contribution is 6.52. The van der Waals surface area contributed by atoms with Crippen LogP contribution in [0.15, 0.2) is 109 Å². The molecule has 1 unspecified atom stereocenters. The summed E-state index contributed by atoms with van der Waals surface area (Å²) in [6.45, 7) is 0. The first-order chi connectivity index (χ1) is 18.5. The van der Waals surface area contributed by atoms with E-state index in [4.69, 9.17) is 0 Å². The van der Waals surface area contributed by atoms with Crippen LogP contribution >= 0.6 is 0 Å². The minimum Gasteiger partial charge on any atom is -0.507 e. The maximum absolute atomic E-state index is 13.7. The zero-order valence-electron chi connectivity index (χ0n) is 19.9. The summed E-state index contributed by atoms with van der Waals surface area (Å²) in [5, 5.41) is 24.0. The predicted molar refractivity (Wildman–Crippen MR) is 144 cm³/mol. The van der Waals surface area contributed by atoms with Crippen LogP contribution in [0.5, 0.6) is 0 Å². The molecule has 4 aromatic carbocycles. The number of allylic oxidation sites excluding steroid dienone is 1. The Morgan fingerprint density at radius 1 is 0.763 bits per heavy atom. The molecule has 0 bridgehead atoms. The molecule has 0 saturated heterocycles. The summed E-state index contributed by atoms with van der Waals surface area (Å²) in [7, 11) is 0. The summed E-state index contributed by atoms with van der Waals surface area (Å²) < 4.78 is 0. The number of Topliss-reactive ketones (excluding diaryl/α,β-unsaturated/α-hetero) is 2. The number of carbonyl (C=O) groups is 2. The van der Waals surface area contributed by atoms with Crippen LogP contribution in [0.1, 0.15) is 33.0 Å².